The summed E-state index contributed by atoms with van der Waals surface area (Å²) in [4.78, 5) is 20.5. The highest BCUT2D eigenvalue weighted by atomic mass is 35.5. The molecule has 31 heavy (non-hydrogen) atoms. The Balaban J connectivity index is 1.22. The Kier molecular flexibility index (Phi) is 4.12. The summed E-state index contributed by atoms with van der Waals surface area (Å²) >= 11 is 4.73. The van der Waals surface area contributed by atoms with E-state index in [0.29, 0.717) is 59.2 Å². The van der Waals surface area contributed by atoms with E-state index in [1.165, 1.54) is 12.4 Å². The third-order valence-electron chi connectivity index (χ3n) is 6.90. The first kappa shape index (κ1) is 17.8. The number of fused-ring (bicyclic) bond motifs is 1. The van der Waals surface area contributed by atoms with Crippen molar-refractivity contribution < 1.29 is 12.4 Å². The molecule has 3 fully saturated rings. The van der Waals surface area contributed by atoms with E-state index in [4.69, 9.17) is 24.3 Å². The smallest absolute Gasteiger partial charge is 0.227 e. The second kappa shape index (κ2) is 7.16. The Morgan fingerprint density at radius 2 is 2.13 bits per heavy atom. The van der Waals surface area contributed by atoms with Crippen LogP contribution in [0.15, 0.2) is 17.3 Å². The molecule has 1 spiro atoms. The fourth-order valence-corrected chi connectivity index (χ4v) is 6.39. The van der Waals surface area contributed by atoms with Crippen LogP contribution in [0, 0.1) is 5.41 Å². The van der Waals surface area contributed by atoms with Crippen LogP contribution in [0.25, 0.3) is 0 Å². The maximum atomic E-state index is 12.6. The summed E-state index contributed by atoms with van der Waals surface area (Å²) in [5.41, 5.74) is 0.0881. The zero-order valence-corrected chi connectivity index (χ0v) is 18.5. The first-order valence-corrected chi connectivity index (χ1v) is 12.3. The van der Waals surface area contributed by atoms with Crippen LogP contribution in [0.4, 0.5) is 11.8 Å². The molecule has 0 aromatic carbocycles. The summed E-state index contributed by atoms with van der Waals surface area (Å²) in [6, 6.07) is 0. The highest BCUT2D eigenvalue weighted by molar-refractivity contribution is 7.91. The van der Waals surface area contributed by atoms with Crippen molar-refractivity contribution in [1.29, 1.82) is 0 Å². The van der Waals surface area contributed by atoms with Crippen LogP contribution in [0.1, 0.15) is 52.2 Å². The molecule has 2 aromatic rings. The number of anilines is 2. The number of nitrogens with zero attached hydrogens (tertiary/aromatic N) is 5. The summed E-state index contributed by atoms with van der Waals surface area (Å²) in [6.07, 6.45) is 6.19. The number of nitrogens with one attached hydrogen (secondary N) is 1. The van der Waals surface area contributed by atoms with E-state index in [0.717, 1.165) is 25.0 Å². The van der Waals surface area contributed by atoms with Crippen molar-refractivity contribution in [3.8, 4) is 0 Å². The summed E-state index contributed by atoms with van der Waals surface area (Å²) in [5, 5.41) is 13.7. The molecule has 0 radical (unpaired) electrons. The van der Waals surface area contributed by atoms with Crippen LogP contribution in [-0.2, 0) is 17.6 Å². The number of rotatable bonds is 5. The summed E-state index contributed by atoms with van der Waals surface area (Å²) < 4.78 is 30.1. The van der Waals surface area contributed by atoms with Gasteiger partial charge < -0.3 is 19.9 Å². The number of hydrogen-bond acceptors (Lipinski definition) is 8. The van der Waals surface area contributed by atoms with Gasteiger partial charge in [0.2, 0.25) is 10.8 Å². The standard InChI is InChI=1S/C21H25ClN6O2S/c22-14-8-23-17(24-9-14)13-6-20(7-13)10-28(11-20)19-25-15-2-5-31(30)16(15)18(26-19)27-21(12-29)3-1-4-21/h8-9,13,29H,1-7,10-12H2,(H,25,26,27)/t31-/m1/s1/i6D,13D/t6?,13?,31-. The van der Waals surface area contributed by atoms with Crippen molar-refractivity contribution in [3.63, 3.8) is 0 Å². The molecule has 0 bridgehead atoms. The number of aromatic nitrogens is 4. The minimum atomic E-state index is -1.14. The van der Waals surface area contributed by atoms with Gasteiger partial charge in [0.05, 0.1) is 17.2 Å². The van der Waals surface area contributed by atoms with E-state index in [1.54, 1.807) is 0 Å². The Labute approximate surface area is 191 Å². The number of hydrogen-bond donors (Lipinski definition) is 2. The molecule has 2 N–H and O–H groups in total. The van der Waals surface area contributed by atoms with Gasteiger partial charge in [-0.25, -0.2) is 15.0 Å². The number of aliphatic hydroxyl groups excluding tert-OH is 1. The third kappa shape index (κ3) is 3.28. The Morgan fingerprint density at radius 1 is 1.35 bits per heavy atom. The van der Waals surface area contributed by atoms with E-state index in [9.17, 15) is 9.66 Å². The number of halogens is 1. The monoisotopic (exact) mass is 462 g/mol. The van der Waals surface area contributed by atoms with Crippen molar-refractivity contribution >= 4 is 34.5 Å². The molecule has 164 valence electrons. The molecule has 2 aliphatic carbocycles. The normalized spacial score (nSPS) is 32.9. The molecule has 2 unspecified atom stereocenters. The molecule has 10 heteroatoms. The van der Waals surface area contributed by atoms with Crippen molar-refractivity contribution in [1.82, 2.24) is 19.9 Å². The van der Waals surface area contributed by atoms with Gasteiger partial charge >= 0.3 is 0 Å². The first-order valence-electron chi connectivity index (χ1n) is 11.7. The van der Waals surface area contributed by atoms with Crippen LogP contribution >= 0.6 is 11.6 Å². The van der Waals surface area contributed by atoms with Gasteiger partial charge in [-0.1, -0.05) is 11.6 Å². The predicted molar refractivity (Wildman–Crippen MR) is 118 cm³/mol. The van der Waals surface area contributed by atoms with E-state index in [2.05, 4.69) is 15.3 Å². The van der Waals surface area contributed by atoms with Gasteiger partial charge in [-0.15, -0.1) is 0 Å². The lowest BCUT2D eigenvalue weighted by Gasteiger charge is -2.58. The van der Waals surface area contributed by atoms with Crippen molar-refractivity contribution in [2.24, 2.45) is 5.41 Å². The zero-order chi connectivity index (χ0) is 23.0. The topological polar surface area (TPSA) is 110 Å². The van der Waals surface area contributed by atoms with E-state index >= 15 is 0 Å². The maximum absolute atomic E-state index is 12.6. The van der Waals surface area contributed by atoms with Crippen molar-refractivity contribution in [2.45, 2.75) is 54.8 Å². The lowest BCUT2D eigenvalue weighted by molar-refractivity contribution is 0.0582. The lowest BCUT2D eigenvalue weighted by Crippen LogP contribution is -2.62. The quantitative estimate of drug-likeness (QED) is 0.651. The van der Waals surface area contributed by atoms with Gasteiger partial charge in [0.25, 0.3) is 0 Å². The van der Waals surface area contributed by atoms with Crippen LogP contribution < -0.4 is 10.2 Å². The fourth-order valence-electron chi connectivity index (χ4n) is 4.99. The van der Waals surface area contributed by atoms with Gasteiger partial charge in [0, 0.05) is 46.0 Å². The third-order valence-corrected chi connectivity index (χ3v) is 8.55. The molecule has 8 nitrogen and oxygen atoms in total. The zero-order valence-electron chi connectivity index (χ0n) is 19.0. The highest BCUT2D eigenvalue weighted by Crippen LogP contribution is 2.56. The van der Waals surface area contributed by atoms with Crippen LogP contribution in [-0.4, -0.2) is 60.6 Å². The summed E-state index contributed by atoms with van der Waals surface area (Å²) in [7, 11) is 0. The van der Waals surface area contributed by atoms with Gasteiger partial charge in [-0.05, 0) is 43.3 Å². The van der Waals surface area contributed by atoms with Crippen molar-refractivity contribution in [3.05, 3.63) is 28.9 Å². The molecule has 3 atom stereocenters. The van der Waals surface area contributed by atoms with E-state index in [1.807, 2.05) is 4.90 Å². The first-order chi connectivity index (χ1) is 15.8. The van der Waals surface area contributed by atoms with Crippen LogP contribution in [0.5, 0.6) is 0 Å². The van der Waals surface area contributed by atoms with Gasteiger partial charge in [-0.2, -0.15) is 4.98 Å². The minimum Gasteiger partial charge on any atom is -0.611 e. The molecule has 0 amide bonds. The van der Waals surface area contributed by atoms with Crippen LogP contribution in [0.2, 0.25) is 5.02 Å². The number of aliphatic hydroxyl groups is 1. The fraction of sp³-hybridized carbons (Fsp3) is 0.619. The lowest BCUT2D eigenvalue weighted by atomic mass is 9.57. The van der Waals surface area contributed by atoms with Gasteiger partial charge in [0.1, 0.15) is 17.3 Å². The molecule has 2 saturated carbocycles. The largest absolute Gasteiger partial charge is 0.611 e. The maximum Gasteiger partial charge on any atom is 0.227 e. The number of aryl methyl sites for hydroxylation is 1. The van der Waals surface area contributed by atoms with Gasteiger partial charge in [-0.3, -0.25) is 0 Å². The highest BCUT2D eigenvalue weighted by Gasteiger charge is 2.54. The predicted octanol–water partition coefficient (Wildman–Crippen LogP) is 2.29. The molecule has 2 aliphatic heterocycles. The Bertz CT molecular complexity index is 1100. The molecule has 6 rings (SSSR count). The van der Waals surface area contributed by atoms with Crippen molar-refractivity contribution in [2.75, 3.05) is 35.7 Å². The molecule has 4 heterocycles. The molecule has 1 saturated heterocycles. The molecular weight excluding hydrogens is 436 g/mol. The average molecular weight is 463 g/mol. The average Bonchev–Trinajstić information content (AvgIpc) is 3.13. The van der Waals surface area contributed by atoms with Crippen LogP contribution in [0.3, 0.4) is 0 Å². The van der Waals surface area contributed by atoms with Gasteiger partial charge in [0.15, 0.2) is 5.82 Å². The Morgan fingerprint density at radius 3 is 2.77 bits per heavy atom. The summed E-state index contributed by atoms with van der Waals surface area (Å²) in [5.74, 6) is 0.867. The molecule has 2 aromatic heterocycles. The summed E-state index contributed by atoms with van der Waals surface area (Å²) in [6.45, 7) is 1.18. The Hall–Kier alpha value is -1.68. The van der Waals surface area contributed by atoms with E-state index in [-0.39, 0.29) is 12.0 Å². The van der Waals surface area contributed by atoms with E-state index < -0.39 is 29.0 Å². The second-order valence-corrected chi connectivity index (χ2v) is 11.1. The molecule has 4 aliphatic rings. The second-order valence-electron chi connectivity index (χ2n) is 9.15. The SMILES string of the molecule is [2H]C1C2(CN(c3nc4c(c(NC5(CO)CCC5)n3)[S@+]([O-])CC4)C2)CC1([2H])c1ncc(Cl)cn1. The molecular formula is C21H25ClN6O2S. The minimum absolute atomic E-state index is 0.0133.